The fourth-order valence-corrected chi connectivity index (χ4v) is 2.30. The molecule has 1 aromatic carbocycles. The highest BCUT2D eigenvalue weighted by molar-refractivity contribution is 5.31. The predicted molar refractivity (Wildman–Crippen MR) is 74.7 cm³/mol. The minimum atomic E-state index is -0.347. The third kappa shape index (κ3) is 3.91. The van der Waals surface area contributed by atoms with Crippen LogP contribution in [-0.2, 0) is 0 Å². The molecule has 1 unspecified atom stereocenters. The molecule has 106 valence electrons. The molecule has 0 aromatic heterocycles. The molecule has 0 amide bonds. The number of nitrogens with zero attached hydrogens (tertiary/aromatic N) is 1. The van der Waals surface area contributed by atoms with Crippen LogP contribution in [0.2, 0.25) is 0 Å². The number of ether oxygens (including phenoxy) is 1. The lowest BCUT2D eigenvalue weighted by atomic mass is 10.1. The number of methoxy groups -OCH3 is 1. The fourth-order valence-electron chi connectivity index (χ4n) is 2.30. The molecule has 1 aliphatic rings. The molecule has 2 rings (SSSR count). The summed E-state index contributed by atoms with van der Waals surface area (Å²) in [6.45, 7) is 5.02. The van der Waals surface area contributed by atoms with Gasteiger partial charge >= 0.3 is 0 Å². The van der Waals surface area contributed by atoms with Gasteiger partial charge in [0.15, 0.2) is 11.6 Å². The Balaban J connectivity index is 1.97. The van der Waals surface area contributed by atoms with Gasteiger partial charge in [0, 0.05) is 19.1 Å². The van der Waals surface area contributed by atoms with E-state index in [2.05, 4.69) is 11.8 Å². The Morgan fingerprint density at radius 1 is 1.47 bits per heavy atom. The van der Waals surface area contributed by atoms with Crippen LogP contribution in [0.1, 0.15) is 31.4 Å². The van der Waals surface area contributed by atoms with Gasteiger partial charge in [0.05, 0.1) is 7.11 Å². The van der Waals surface area contributed by atoms with E-state index >= 15 is 0 Å². The molecule has 0 aliphatic heterocycles. The second-order valence-corrected chi connectivity index (χ2v) is 5.30. The van der Waals surface area contributed by atoms with Crippen molar-refractivity contribution in [3.63, 3.8) is 0 Å². The number of benzene rings is 1. The van der Waals surface area contributed by atoms with Gasteiger partial charge in [0.2, 0.25) is 0 Å². The highest BCUT2D eigenvalue weighted by Gasteiger charge is 2.24. The highest BCUT2D eigenvalue weighted by Crippen LogP contribution is 2.30. The fraction of sp³-hybridized carbons (Fsp3) is 0.600. The summed E-state index contributed by atoms with van der Waals surface area (Å²) in [5, 5.41) is 0. The monoisotopic (exact) mass is 266 g/mol. The van der Waals surface area contributed by atoms with Gasteiger partial charge < -0.3 is 15.4 Å². The normalized spacial score (nSPS) is 16.7. The summed E-state index contributed by atoms with van der Waals surface area (Å²) >= 11 is 0. The van der Waals surface area contributed by atoms with E-state index in [1.165, 1.54) is 26.0 Å². The van der Waals surface area contributed by atoms with Crippen LogP contribution in [0.3, 0.4) is 0 Å². The number of rotatable bonds is 7. The topological polar surface area (TPSA) is 38.5 Å². The molecule has 0 heterocycles. The molecule has 1 aromatic rings. The van der Waals surface area contributed by atoms with Crippen molar-refractivity contribution in [1.82, 2.24) is 4.90 Å². The SMILES string of the molecule is CCN(CC1CC1)CC(N)c1ccc(OC)c(F)c1. The van der Waals surface area contributed by atoms with E-state index in [0.717, 1.165) is 31.1 Å². The summed E-state index contributed by atoms with van der Waals surface area (Å²) < 4.78 is 18.6. The summed E-state index contributed by atoms with van der Waals surface area (Å²) in [5.74, 6) is 0.765. The lowest BCUT2D eigenvalue weighted by Gasteiger charge is -2.24. The molecule has 1 fully saturated rings. The van der Waals surface area contributed by atoms with Crippen molar-refractivity contribution in [3.05, 3.63) is 29.6 Å². The third-order valence-electron chi connectivity index (χ3n) is 3.72. The van der Waals surface area contributed by atoms with E-state index in [1.807, 2.05) is 6.07 Å². The number of likely N-dealkylation sites (N-methyl/N-ethyl adjacent to an activating group) is 1. The van der Waals surface area contributed by atoms with Gasteiger partial charge in [0.25, 0.3) is 0 Å². The van der Waals surface area contributed by atoms with Crippen LogP contribution in [0.4, 0.5) is 4.39 Å². The summed E-state index contributed by atoms with van der Waals surface area (Å²) in [6, 6.07) is 4.81. The molecular formula is C15H23FN2O. The summed E-state index contributed by atoms with van der Waals surface area (Å²) in [7, 11) is 1.46. The van der Waals surface area contributed by atoms with Crippen LogP contribution in [0.15, 0.2) is 18.2 Å². The standard InChI is InChI=1S/C15H23FN2O/c1-3-18(9-11-4-5-11)10-14(17)12-6-7-15(19-2)13(16)8-12/h6-8,11,14H,3-5,9-10,17H2,1-2H3. The maximum Gasteiger partial charge on any atom is 0.165 e. The molecule has 3 nitrogen and oxygen atoms in total. The zero-order valence-electron chi connectivity index (χ0n) is 11.7. The molecule has 0 radical (unpaired) electrons. The molecule has 1 atom stereocenters. The van der Waals surface area contributed by atoms with Gasteiger partial charge in [-0.15, -0.1) is 0 Å². The van der Waals surface area contributed by atoms with Gasteiger partial charge in [-0.1, -0.05) is 13.0 Å². The van der Waals surface area contributed by atoms with Crippen molar-refractivity contribution in [2.24, 2.45) is 11.7 Å². The maximum atomic E-state index is 13.7. The van der Waals surface area contributed by atoms with Crippen molar-refractivity contribution in [1.29, 1.82) is 0 Å². The van der Waals surface area contributed by atoms with Gasteiger partial charge in [-0.05, 0) is 43.0 Å². The Labute approximate surface area is 114 Å². The van der Waals surface area contributed by atoms with Gasteiger partial charge in [0.1, 0.15) is 0 Å². The largest absolute Gasteiger partial charge is 0.494 e. The van der Waals surface area contributed by atoms with Crippen molar-refractivity contribution >= 4 is 0 Å². The van der Waals surface area contributed by atoms with Crippen LogP contribution in [0, 0.1) is 11.7 Å². The minimum Gasteiger partial charge on any atom is -0.494 e. The van der Waals surface area contributed by atoms with Crippen LogP contribution in [0.25, 0.3) is 0 Å². The van der Waals surface area contributed by atoms with Crippen molar-refractivity contribution < 1.29 is 9.13 Å². The zero-order chi connectivity index (χ0) is 13.8. The Kier molecular flexibility index (Phi) is 4.77. The number of halogens is 1. The third-order valence-corrected chi connectivity index (χ3v) is 3.72. The van der Waals surface area contributed by atoms with Crippen molar-refractivity contribution in [2.75, 3.05) is 26.7 Å². The predicted octanol–water partition coefficient (Wildman–Crippen LogP) is 2.57. The molecule has 19 heavy (non-hydrogen) atoms. The minimum absolute atomic E-state index is 0.154. The second kappa shape index (κ2) is 6.35. The van der Waals surface area contributed by atoms with E-state index < -0.39 is 0 Å². The zero-order valence-corrected chi connectivity index (χ0v) is 11.7. The van der Waals surface area contributed by atoms with Gasteiger partial charge in [-0.3, -0.25) is 0 Å². The Hall–Kier alpha value is -1.13. The summed E-state index contributed by atoms with van der Waals surface area (Å²) in [4.78, 5) is 2.35. The van der Waals surface area contributed by atoms with E-state index in [4.69, 9.17) is 10.5 Å². The van der Waals surface area contributed by atoms with E-state index in [0.29, 0.717) is 0 Å². The lowest BCUT2D eigenvalue weighted by molar-refractivity contribution is 0.260. The molecule has 4 heteroatoms. The quantitative estimate of drug-likeness (QED) is 0.824. The summed E-state index contributed by atoms with van der Waals surface area (Å²) in [5.41, 5.74) is 7.01. The van der Waals surface area contributed by atoms with Crippen molar-refractivity contribution in [2.45, 2.75) is 25.8 Å². The highest BCUT2D eigenvalue weighted by atomic mass is 19.1. The molecule has 0 saturated heterocycles. The molecule has 0 bridgehead atoms. The molecule has 1 aliphatic carbocycles. The molecule has 0 spiro atoms. The van der Waals surface area contributed by atoms with Gasteiger partial charge in [-0.25, -0.2) is 4.39 Å². The Morgan fingerprint density at radius 2 is 2.21 bits per heavy atom. The first kappa shape index (κ1) is 14.3. The smallest absolute Gasteiger partial charge is 0.165 e. The van der Waals surface area contributed by atoms with Crippen LogP contribution >= 0.6 is 0 Å². The summed E-state index contributed by atoms with van der Waals surface area (Å²) in [6.07, 6.45) is 2.67. The molecule has 2 N–H and O–H groups in total. The van der Waals surface area contributed by atoms with E-state index in [1.54, 1.807) is 6.07 Å². The van der Waals surface area contributed by atoms with Crippen LogP contribution in [-0.4, -0.2) is 31.6 Å². The maximum absolute atomic E-state index is 13.7. The first-order valence-electron chi connectivity index (χ1n) is 6.95. The van der Waals surface area contributed by atoms with Gasteiger partial charge in [-0.2, -0.15) is 0 Å². The number of hydrogen-bond donors (Lipinski definition) is 1. The second-order valence-electron chi connectivity index (χ2n) is 5.30. The van der Waals surface area contributed by atoms with E-state index in [-0.39, 0.29) is 17.6 Å². The average Bonchev–Trinajstić information content (AvgIpc) is 3.21. The average molecular weight is 266 g/mol. The Bertz CT molecular complexity index is 421. The molecule has 1 saturated carbocycles. The van der Waals surface area contributed by atoms with Crippen molar-refractivity contribution in [3.8, 4) is 5.75 Å². The lowest BCUT2D eigenvalue weighted by Crippen LogP contribution is -2.33. The number of hydrogen-bond acceptors (Lipinski definition) is 3. The van der Waals surface area contributed by atoms with E-state index in [9.17, 15) is 4.39 Å². The first-order valence-corrected chi connectivity index (χ1v) is 6.95. The molecular weight excluding hydrogens is 243 g/mol. The van der Waals surface area contributed by atoms with Crippen LogP contribution in [0.5, 0.6) is 5.75 Å². The Morgan fingerprint density at radius 3 is 2.74 bits per heavy atom. The number of nitrogens with two attached hydrogens (primary N) is 1. The first-order chi connectivity index (χ1) is 9.13. The van der Waals surface area contributed by atoms with Crippen LogP contribution < -0.4 is 10.5 Å².